The third kappa shape index (κ3) is 3.32. The maximum Gasteiger partial charge on any atom is 0.129 e. The Labute approximate surface area is 117 Å². The van der Waals surface area contributed by atoms with Crippen LogP contribution in [0.5, 0.6) is 0 Å². The minimum Gasteiger partial charge on any atom is -0.384 e. The third-order valence-electron chi connectivity index (χ3n) is 2.97. The lowest BCUT2D eigenvalue weighted by Gasteiger charge is -2.19. The normalized spacial score (nSPS) is 10.3. The van der Waals surface area contributed by atoms with Crippen LogP contribution in [-0.2, 0) is 6.54 Å². The molecule has 0 bridgehead atoms. The van der Waals surface area contributed by atoms with Gasteiger partial charge in [0.2, 0.25) is 0 Å². The maximum absolute atomic E-state index is 12.9. The Morgan fingerprint density at radius 3 is 2.55 bits per heavy atom. The molecule has 2 rings (SSSR count). The summed E-state index contributed by atoms with van der Waals surface area (Å²) in [7, 11) is 1.90. The highest BCUT2D eigenvalue weighted by Crippen LogP contribution is 2.16. The van der Waals surface area contributed by atoms with Gasteiger partial charge in [-0.25, -0.2) is 9.37 Å². The minimum absolute atomic E-state index is 0.0203. The topological polar surface area (TPSA) is 66.0 Å². The molecule has 5 heteroatoms. The van der Waals surface area contributed by atoms with Crippen molar-refractivity contribution in [3.63, 3.8) is 0 Å². The molecule has 2 aromatic rings. The second-order valence-corrected chi connectivity index (χ2v) is 4.75. The third-order valence-corrected chi connectivity index (χ3v) is 2.97. The number of aromatic nitrogens is 1. The first-order chi connectivity index (χ1) is 9.45. The van der Waals surface area contributed by atoms with Crippen molar-refractivity contribution in [2.75, 3.05) is 11.9 Å². The number of benzene rings is 1. The average Bonchev–Trinajstić information content (AvgIpc) is 2.40. The molecule has 4 nitrogen and oxygen atoms in total. The Morgan fingerprint density at radius 2 is 1.95 bits per heavy atom. The van der Waals surface area contributed by atoms with E-state index in [9.17, 15) is 4.39 Å². The van der Waals surface area contributed by atoms with Crippen molar-refractivity contribution in [3.8, 4) is 0 Å². The summed E-state index contributed by atoms with van der Waals surface area (Å²) in [4.78, 5) is 6.37. The molecule has 1 aromatic heterocycles. The van der Waals surface area contributed by atoms with E-state index in [0.717, 1.165) is 17.1 Å². The standard InChI is InChI=1S/C15H17FN4/c1-10-7-12(15(17)18)8-14(19-10)20(2)9-11-3-5-13(16)6-4-11/h3-8H,9H2,1-2H3,(H3,17,18). The highest BCUT2D eigenvalue weighted by atomic mass is 19.1. The fourth-order valence-corrected chi connectivity index (χ4v) is 1.95. The van der Waals surface area contributed by atoms with Crippen molar-refractivity contribution in [1.29, 1.82) is 5.41 Å². The zero-order valence-corrected chi connectivity index (χ0v) is 11.5. The number of nitrogens with zero attached hydrogens (tertiary/aromatic N) is 2. The monoisotopic (exact) mass is 272 g/mol. The van der Waals surface area contributed by atoms with Gasteiger partial charge in [-0.05, 0) is 36.8 Å². The van der Waals surface area contributed by atoms with Crippen LogP contribution in [0.1, 0.15) is 16.8 Å². The summed E-state index contributed by atoms with van der Waals surface area (Å²) in [6.45, 7) is 2.47. The predicted octanol–water partition coefficient (Wildman–Crippen LogP) is 2.45. The molecule has 0 radical (unpaired) electrons. The van der Waals surface area contributed by atoms with Gasteiger partial charge >= 0.3 is 0 Å². The van der Waals surface area contributed by atoms with Gasteiger partial charge in [0.05, 0.1) is 0 Å². The van der Waals surface area contributed by atoms with E-state index in [2.05, 4.69) is 4.98 Å². The second-order valence-electron chi connectivity index (χ2n) is 4.75. The van der Waals surface area contributed by atoms with E-state index >= 15 is 0 Å². The lowest BCUT2D eigenvalue weighted by molar-refractivity contribution is 0.627. The number of nitrogens with one attached hydrogen (secondary N) is 1. The Balaban J connectivity index is 2.22. The molecule has 0 amide bonds. The van der Waals surface area contributed by atoms with Crippen LogP contribution in [0.4, 0.5) is 10.2 Å². The molecule has 104 valence electrons. The molecule has 0 atom stereocenters. The van der Waals surface area contributed by atoms with E-state index in [4.69, 9.17) is 11.1 Å². The number of amidine groups is 1. The van der Waals surface area contributed by atoms with Crippen LogP contribution in [0.3, 0.4) is 0 Å². The molecule has 20 heavy (non-hydrogen) atoms. The zero-order valence-electron chi connectivity index (χ0n) is 11.5. The predicted molar refractivity (Wildman–Crippen MR) is 78.5 cm³/mol. The quantitative estimate of drug-likeness (QED) is 0.663. The summed E-state index contributed by atoms with van der Waals surface area (Å²) in [5, 5.41) is 7.50. The van der Waals surface area contributed by atoms with Crippen molar-refractivity contribution in [2.24, 2.45) is 5.73 Å². The van der Waals surface area contributed by atoms with E-state index in [1.54, 1.807) is 24.3 Å². The number of nitrogen functional groups attached to an aromatic ring is 1. The molecule has 0 saturated heterocycles. The molecule has 0 aliphatic rings. The molecule has 0 spiro atoms. The number of aryl methyl sites for hydroxylation is 1. The molecule has 1 aromatic carbocycles. The second kappa shape index (κ2) is 5.69. The number of pyridine rings is 1. The van der Waals surface area contributed by atoms with Gasteiger partial charge in [-0.3, -0.25) is 5.41 Å². The summed E-state index contributed by atoms with van der Waals surface area (Å²) >= 11 is 0. The Kier molecular flexibility index (Phi) is 3.98. The fraction of sp³-hybridized carbons (Fsp3) is 0.200. The van der Waals surface area contributed by atoms with Crippen molar-refractivity contribution in [1.82, 2.24) is 4.98 Å². The number of anilines is 1. The van der Waals surface area contributed by atoms with Crippen LogP contribution in [0.15, 0.2) is 36.4 Å². The van der Waals surface area contributed by atoms with Crippen molar-refractivity contribution >= 4 is 11.7 Å². The van der Waals surface area contributed by atoms with E-state index in [0.29, 0.717) is 12.1 Å². The van der Waals surface area contributed by atoms with E-state index < -0.39 is 0 Å². The van der Waals surface area contributed by atoms with Crippen LogP contribution in [-0.4, -0.2) is 17.9 Å². The molecule has 0 saturated carbocycles. The van der Waals surface area contributed by atoms with Crippen LogP contribution < -0.4 is 10.6 Å². The summed E-state index contributed by atoms with van der Waals surface area (Å²) in [6, 6.07) is 9.92. The van der Waals surface area contributed by atoms with Crippen molar-refractivity contribution < 1.29 is 4.39 Å². The number of halogens is 1. The van der Waals surface area contributed by atoms with Crippen LogP contribution in [0.2, 0.25) is 0 Å². The molecule has 1 heterocycles. The molecular weight excluding hydrogens is 255 g/mol. The van der Waals surface area contributed by atoms with Gasteiger partial charge in [0.25, 0.3) is 0 Å². The summed E-state index contributed by atoms with van der Waals surface area (Å²) in [6.07, 6.45) is 0. The maximum atomic E-state index is 12.9. The van der Waals surface area contributed by atoms with Gasteiger partial charge in [0.15, 0.2) is 0 Å². The fourth-order valence-electron chi connectivity index (χ4n) is 1.95. The Bertz CT molecular complexity index is 622. The number of rotatable bonds is 4. The molecule has 0 aliphatic carbocycles. The molecular formula is C15H17FN4. The van der Waals surface area contributed by atoms with Gasteiger partial charge in [0, 0.05) is 24.8 Å². The molecule has 0 aliphatic heterocycles. The molecule has 0 fully saturated rings. The highest BCUT2D eigenvalue weighted by molar-refractivity contribution is 5.95. The van der Waals surface area contributed by atoms with Gasteiger partial charge in [-0.1, -0.05) is 12.1 Å². The lowest BCUT2D eigenvalue weighted by Crippen LogP contribution is -2.20. The smallest absolute Gasteiger partial charge is 0.129 e. The SMILES string of the molecule is Cc1cc(C(=N)N)cc(N(C)Cc2ccc(F)cc2)n1. The number of hydrogen-bond acceptors (Lipinski definition) is 3. The number of nitrogens with two attached hydrogens (primary N) is 1. The first-order valence-corrected chi connectivity index (χ1v) is 6.24. The van der Waals surface area contributed by atoms with Crippen LogP contribution in [0.25, 0.3) is 0 Å². The Morgan fingerprint density at radius 1 is 1.30 bits per heavy atom. The van der Waals surface area contributed by atoms with Gasteiger partial charge < -0.3 is 10.6 Å². The number of hydrogen-bond donors (Lipinski definition) is 2. The van der Waals surface area contributed by atoms with E-state index in [1.165, 1.54) is 12.1 Å². The average molecular weight is 272 g/mol. The Hall–Kier alpha value is -2.43. The van der Waals surface area contributed by atoms with Gasteiger partial charge in [-0.2, -0.15) is 0 Å². The summed E-state index contributed by atoms with van der Waals surface area (Å²) in [5.41, 5.74) is 7.96. The lowest BCUT2D eigenvalue weighted by atomic mass is 10.2. The van der Waals surface area contributed by atoms with Crippen LogP contribution in [0, 0.1) is 18.2 Å². The van der Waals surface area contributed by atoms with E-state index in [-0.39, 0.29) is 11.7 Å². The zero-order chi connectivity index (χ0) is 14.7. The molecule has 0 unspecified atom stereocenters. The van der Waals surface area contributed by atoms with Gasteiger partial charge in [0.1, 0.15) is 17.5 Å². The minimum atomic E-state index is -0.246. The first kappa shape index (κ1) is 14.0. The van der Waals surface area contributed by atoms with E-state index in [1.807, 2.05) is 18.9 Å². The van der Waals surface area contributed by atoms with Gasteiger partial charge in [-0.15, -0.1) is 0 Å². The van der Waals surface area contributed by atoms with Crippen LogP contribution >= 0.6 is 0 Å². The first-order valence-electron chi connectivity index (χ1n) is 6.24. The summed E-state index contributed by atoms with van der Waals surface area (Å²) in [5.74, 6) is 0.510. The summed E-state index contributed by atoms with van der Waals surface area (Å²) < 4.78 is 12.9. The van der Waals surface area contributed by atoms with Crippen molar-refractivity contribution in [2.45, 2.75) is 13.5 Å². The van der Waals surface area contributed by atoms with Crippen molar-refractivity contribution in [3.05, 3.63) is 59.0 Å². The molecule has 3 N–H and O–H groups in total. The largest absolute Gasteiger partial charge is 0.384 e. The highest BCUT2D eigenvalue weighted by Gasteiger charge is 2.08.